The van der Waals surface area contributed by atoms with Crippen LogP contribution in [0.1, 0.15) is 36.4 Å². The third kappa shape index (κ3) is 2.24. The number of nitrogens with zero attached hydrogens (tertiary/aromatic N) is 1. The molecule has 1 aromatic carbocycles. The molecule has 2 aliphatic rings. The van der Waals surface area contributed by atoms with Gasteiger partial charge in [-0.25, -0.2) is 0 Å². The van der Waals surface area contributed by atoms with Crippen LogP contribution in [0.15, 0.2) is 24.3 Å². The highest BCUT2D eigenvalue weighted by Gasteiger charge is 2.32. The second-order valence-corrected chi connectivity index (χ2v) is 5.47. The lowest BCUT2D eigenvalue weighted by Crippen LogP contribution is -2.54. The minimum Gasteiger partial charge on any atom is -0.313 e. The fraction of sp³-hybridized carbons (Fsp3) is 0.600. The Balaban J connectivity index is 1.83. The Morgan fingerprint density at radius 3 is 2.76 bits per heavy atom. The molecule has 2 heterocycles. The van der Waals surface area contributed by atoms with Gasteiger partial charge in [-0.3, -0.25) is 4.90 Å². The first-order chi connectivity index (χ1) is 8.34. The van der Waals surface area contributed by atoms with Gasteiger partial charge in [-0.1, -0.05) is 36.2 Å². The van der Waals surface area contributed by atoms with E-state index in [2.05, 4.69) is 41.4 Å². The van der Waals surface area contributed by atoms with Gasteiger partial charge in [0.1, 0.15) is 0 Å². The van der Waals surface area contributed by atoms with Crippen molar-refractivity contribution in [3.05, 3.63) is 35.4 Å². The molecule has 1 aromatic rings. The van der Waals surface area contributed by atoms with E-state index in [-0.39, 0.29) is 0 Å². The minimum atomic E-state index is 0.592. The molecule has 2 saturated heterocycles. The molecule has 2 heteroatoms. The molecule has 0 saturated carbocycles. The number of rotatable bonds is 1. The van der Waals surface area contributed by atoms with Crippen molar-refractivity contribution >= 4 is 0 Å². The Kier molecular flexibility index (Phi) is 3.17. The molecule has 2 unspecified atom stereocenters. The molecule has 0 spiro atoms. The summed E-state index contributed by atoms with van der Waals surface area (Å²) in [7, 11) is 0. The van der Waals surface area contributed by atoms with E-state index < -0.39 is 0 Å². The van der Waals surface area contributed by atoms with Gasteiger partial charge >= 0.3 is 0 Å². The first-order valence-electron chi connectivity index (χ1n) is 6.87. The maximum atomic E-state index is 3.61. The number of fused-ring (bicyclic) bond motifs is 1. The van der Waals surface area contributed by atoms with Crippen molar-refractivity contribution in [2.24, 2.45) is 0 Å². The van der Waals surface area contributed by atoms with Crippen LogP contribution in [0.4, 0.5) is 0 Å². The number of hydrogen-bond acceptors (Lipinski definition) is 2. The Hall–Kier alpha value is -0.860. The largest absolute Gasteiger partial charge is 0.313 e. The molecule has 92 valence electrons. The second kappa shape index (κ2) is 4.79. The average molecular weight is 230 g/mol. The first kappa shape index (κ1) is 11.2. The maximum Gasteiger partial charge on any atom is 0.0476 e. The second-order valence-electron chi connectivity index (χ2n) is 5.47. The third-order valence-corrected chi connectivity index (χ3v) is 4.25. The molecule has 1 N–H and O–H groups in total. The highest BCUT2D eigenvalue weighted by molar-refractivity contribution is 5.25. The van der Waals surface area contributed by atoms with Gasteiger partial charge in [0.05, 0.1) is 0 Å². The van der Waals surface area contributed by atoms with E-state index in [0.717, 1.165) is 12.6 Å². The van der Waals surface area contributed by atoms with Crippen LogP contribution in [0.3, 0.4) is 0 Å². The van der Waals surface area contributed by atoms with Crippen molar-refractivity contribution in [3.8, 4) is 0 Å². The predicted octanol–water partition coefficient (Wildman–Crippen LogP) is 2.49. The quantitative estimate of drug-likeness (QED) is 0.797. The van der Waals surface area contributed by atoms with Crippen molar-refractivity contribution in [1.82, 2.24) is 10.2 Å². The van der Waals surface area contributed by atoms with Crippen LogP contribution in [0, 0.1) is 6.92 Å². The predicted molar refractivity (Wildman–Crippen MR) is 71.1 cm³/mol. The molecular formula is C15H22N2. The topological polar surface area (TPSA) is 15.3 Å². The van der Waals surface area contributed by atoms with Crippen molar-refractivity contribution < 1.29 is 0 Å². The smallest absolute Gasteiger partial charge is 0.0476 e. The number of piperidine rings is 1. The molecule has 0 bridgehead atoms. The molecule has 0 radical (unpaired) electrons. The average Bonchev–Trinajstić information content (AvgIpc) is 2.39. The monoisotopic (exact) mass is 230 g/mol. The van der Waals surface area contributed by atoms with Crippen LogP contribution in [0.25, 0.3) is 0 Å². The molecule has 0 aliphatic carbocycles. The summed E-state index contributed by atoms with van der Waals surface area (Å²) in [4.78, 5) is 2.73. The summed E-state index contributed by atoms with van der Waals surface area (Å²) in [6.07, 6.45) is 4.15. The highest BCUT2D eigenvalue weighted by atomic mass is 15.3. The molecule has 0 amide bonds. The van der Waals surface area contributed by atoms with E-state index in [1.54, 1.807) is 0 Å². The molecule has 2 fully saturated rings. The molecule has 17 heavy (non-hydrogen) atoms. The van der Waals surface area contributed by atoms with Gasteiger partial charge < -0.3 is 5.32 Å². The van der Waals surface area contributed by atoms with Crippen molar-refractivity contribution in [2.45, 2.75) is 38.3 Å². The number of hydrogen-bond donors (Lipinski definition) is 1. The van der Waals surface area contributed by atoms with Crippen molar-refractivity contribution in [2.75, 3.05) is 19.6 Å². The third-order valence-electron chi connectivity index (χ3n) is 4.25. The van der Waals surface area contributed by atoms with E-state index >= 15 is 0 Å². The van der Waals surface area contributed by atoms with Gasteiger partial charge in [-0.2, -0.15) is 0 Å². The SMILES string of the molecule is Cc1ccc(C2CNCC3CCCCN32)cc1. The van der Waals surface area contributed by atoms with Crippen LogP contribution in [0.2, 0.25) is 0 Å². The van der Waals surface area contributed by atoms with E-state index in [1.165, 1.54) is 43.5 Å². The Bertz CT molecular complexity index is 369. The Morgan fingerprint density at radius 2 is 1.94 bits per heavy atom. The lowest BCUT2D eigenvalue weighted by Gasteiger charge is -2.45. The van der Waals surface area contributed by atoms with Crippen molar-refractivity contribution in [3.63, 3.8) is 0 Å². The lowest BCUT2D eigenvalue weighted by molar-refractivity contribution is 0.0643. The molecule has 0 aromatic heterocycles. The standard InChI is InChI=1S/C15H22N2/c1-12-5-7-13(8-6-12)15-11-16-10-14-4-2-3-9-17(14)15/h5-8,14-16H,2-4,9-11H2,1H3. The maximum absolute atomic E-state index is 3.61. The normalized spacial score (nSPS) is 29.9. The highest BCUT2D eigenvalue weighted by Crippen LogP contribution is 2.30. The first-order valence-corrected chi connectivity index (χ1v) is 6.87. The summed E-state index contributed by atoms with van der Waals surface area (Å²) in [5.41, 5.74) is 2.84. The van der Waals surface area contributed by atoms with E-state index in [4.69, 9.17) is 0 Å². The van der Waals surface area contributed by atoms with Crippen LogP contribution in [-0.4, -0.2) is 30.6 Å². The summed E-state index contributed by atoms with van der Waals surface area (Å²) in [6, 6.07) is 10.4. The molecule has 2 aliphatic heterocycles. The number of piperazine rings is 1. The molecule has 2 nitrogen and oxygen atoms in total. The zero-order chi connectivity index (χ0) is 11.7. The van der Waals surface area contributed by atoms with E-state index in [9.17, 15) is 0 Å². The number of nitrogens with one attached hydrogen (secondary N) is 1. The van der Waals surface area contributed by atoms with Gasteiger partial charge in [-0.15, -0.1) is 0 Å². The minimum absolute atomic E-state index is 0.592. The van der Waals surface area contributed by atoms with E-state index in [1.807, 2.05) is 0 Å². The summed E-state index contributed by atoms with van der Waals surface area (Å²) in [5, 5.41) is 3.61. The number of aryl methyl sites for hydroxylation is 1. The van der Waals surface area contributed by atoms with Crippen LogP contribution in [-0.2, 0) is 0 Å². The summed E-state index contributed by atoms with van der Waals surface area (Å²) >= 11 is 0. The molecular weight excluding hydrogens is 208 g/mol. The van der Waals surface area contributed by atoms with Crippen LogP contribution < -0.4 is 5.32 Å². The van der Waals surface area contributed by atoms with Gasteiger partial charge in [0.25, 0.3) is 0 Å². The summed E-state index contributed by atoms with van der Waals surface area (Å²) in [6.45, 7) is 5.74. The molecule has 3 rings (SSSR count). The lowest BCUT2D eigenvalue weighted by atomic mass is 9.93. The summed E-state index contributed by atoms with van der Waals surface area (Å²) < 4.78 is 0. The zero-order valence-corrected chi connectivity index (χ0v) is 10.7. The molecule has 2 atom stereocenters. The fourth-order valence-electron chi connectivity index (χ4n) is 3.25. The van der Waals surface area contributed by atoms with Crippen molar-refractivity contribution in [1.29, 1.82) is 0 Å². The van der Waals surface area contributed by atoms with Crippen LogP contribution >= 0.6 is 0 Å². The summed E-state index contributed by atoms with van der Waals surface area (Å²) in [5.74, 6) is 0. The fourth-order valence-corrected chi connectivity index (χ4v) is 3.25. The van der Waals surface area contributed by atoms with E-state index in [0.29, 0.717) is 6.04 Å². The van der Waals surface area contributed by atoms with Gasteiger partial charge in [-0.05, 0) is 31.9 Å². The van der Waals surface area contributed by atoms with Gasteiger partial charge in [0, 0.05) is 25.2 Å². The Labute approximate surface area is 104 Å². The van der Waals surface area contributed by atoms with Gasteiger partial charge in [0.15, 0.2) is 0 Å². The van der Waals surface area contributed by atoms with Crippen LogP contribution in [0.5, 0.6) is 0 Å². The Morgan fingerprint density at radius 1 is 1.12 bits per heavy atom. The zero-order valence-electron chi connectivity index (χ0n) is 10.7. The number of benzene rings is 1. The van der Waals surface area contributed by atoms with Gasteiger partial charge in [0.2, 0.25) is 0 Å².